The number of nitrogens with one attached hydrogen (secondary N) is 3. The van der Waals surface area contributed by atoms with Crippen molar-refractivity contribution in [2.24, 2.45) is 4.99 Å². The lowest BCUT2D eigenvalue weighted by molar-refractivity contribution is 0.150. The van der Waals surface area contributed by atoms with Gasteiger partial charge in [0.1, 0.15) is 0 Å². The molecule has 2 fully saturated rings. The van der Waals surface area contributed by atoms with Gasteiger partial charge in [-0.05, 0) is 57.1 Å². The molecular weight excluding hydrogens is 485 g/mol. The number of likely N-dealkylation sites (tertiary alicyclic amines) is 1. The van der Waals surface area contributed by atoms with Gasteiger partial charge in [-0.25, -0.2) is 0 Å². The molecule has 6 heteroatoms. The van der Waals surface area contributed by atoms with Gasteiger partial charge in [-0.1, -0.05) is 31.0 Å². The maximum absolute atomic E-state index is 4.85. The van der Waals surface area contributed by atoms with E-state index in [0.29, 0.717) is 6.04 Å². The van der Waals surface area contributed by atoms with Gasteiger partial charge in [0.2, 0.25) is 0 Å². The second-order valence-corrected chi connectivity index (χ2v) is 8.62. The molecule has 30 heavy (non-hydrogen) atoms. The predicted molar refractivity (Wildman–Crippen MR) is 138 cm³/mol. The number of aromatic amines is 1. The Hall–Kier alpha value is -1.28. The quantitative estimate of drug-likeness (QED) is 0.214. The summed E-state index contributed by atoms with van der Waals surface area (Å²) in [4.78, 5) is 11.0. The van der Waals surface area contributed by atoms with E-state index in [2.05, 4.69) is 57.9 Å². The summed E-state index contributed by atoms with van der Waals surface area (Å²) in [5.74, 6) is 0.991. The molecule has 0 radical (unpaired) electrons. The molecule has 2 aromatic rings. The zero-order chi connectivity index (χ0) is 19.9. The molecule has 1 saturated carbocycles. The Kier molecular flexibility index (Phi) is 9.30. The van der Waals surface area contributed by atoms with Crippen molar-refractivity contribution in [2.75, 3.05) is 26.2 Å². The van der Waals surface area contributed by atoms with E-state index in [1.807, 2.05) is 0 Å². The fourth-order valence-electron chi connectivity index (χ4n) is 4.99. The third kappa shape index (κ3) is 6.13. The number of halogens is 1. The molecule has 0 spiro atoms. The van der Waals surface area contributed by atoms with Crippen LogP contribution in [0.15, 0.2) is 35.5 Å². The summed E-state index contributed by atoms with van der Waals surface area (Å²) >= 11 is 0. The summed E-state index contributed by atoms with van der Waals surface area (Å²) in [5, 5.41) is 8.48. The molecule has 5 nitrogen and oxygen atoms in total. The van der Waals surface area contributed by atoms with Crippen LogP contribution >= 0.6 is 24.0 Å². The fourth-order valence-corrected chi connectivity index (χ4v) is 4.99. The number of hydrogen-bond donors (Lipinski definition) is 3. The third-order valence-corrected chi connectivity index (χ3v) is 6.60. The third-order valence-electron chi connectivity index (χ3n) is 6.60. The average Bonchev–Trinajstić information content (AvgIpc) is 3.42. The number of nitrogens with zero attached hydrogens (tertiary/aromatic N) is 2. The lowest BCUT2D eigenvalue weighted by Gasteiger charge is -2.36. The second-order valence-electron chi connectivity index (χ2n) is 8.62. The van der Waals surface area contributed by atoms with Gasteiger partial charge in [0, 0.05) is 55.4 Å². The molecule has 1 aromatic heterocycles. The maximum atomic E-state index is 4.85. The molecule has 0 amide bonds. The summed E-state index contributed by atoms with van der Waals surface area (Å²) in [5.41, 5.74) is 2.62. The number of aliphatic imine (C=N–C) groups is 1. The normalized spacial score (nSPS) is 19.2. The largest absolute Gasteiger partial charge is 0.361 e. The molecule has 0 unspecified atom stereocenters. The molecule has 166 valence electrons. The molecule has 3 N–H and O–H groups in total. The molecular formula is C24H38IN5. The number of H-pyrrole nitrogens is 1. The molecule has 0 bridgehead atoms. The van der Waals surface area contributed by atoms with Crippen LogP contribution in [0.3, 0.4) is 0 Å². The topological polar surface area (TPSA) is 55.5 Å². The first kappa shape index (κ1) is 23.4. The van der Waals surface area contributed by atoms with Crippen LogP contribution in [0.4, 0.5) is 0 Å². The Morgan fingerprint density at radius 1 is 1.13 bits per heavy atom. The number of para-hydroxylation sites is 1. The predicted octanol–water partition coefficient (Wildman–Crippen LogP) is 4.68. The number of benzene rings is 1. The number of hydrogen-bond acceptors (Lipinski definition) is 2. The highest BCUT2D eigenvalue weighted by atomic mass is 127. The van der Waals surface area contributed by atoms with Crippen LogP contribution in [0.2, 0.25) is 0 Å². The van der Waals surface area contributed by atoms with Gasteiger partial charge < -0.3 is 20.5 Å². The highest BCUT2D eigenvalue weighted by molar-refractivity contribution is 14.0. The van der Waals surface area contributed by atoms with Crippen molar-refractivity contribution < 1.29 is 0 Å². The second kappa shape index (κ2) is 11.9. The van der Waals surface area contributed by atoms with Crippen LogP contribution in [-0.4, -0.2) is 54.1 Å². The first-order valence-electron chi connectivity index (χ1n) is 11.7. The first-order valence-corrected chi connectivity index (χ1v) is 11.7. The van der Waals surface area contributed by atoms with Crippen molar-refractivity contribution in [3.63, 3.8) is 0 Å². The van der Waals surface area contributed by atoms with Gasteiger partial charge in [0.05, 0.1) is 0 Å². The van der Waals surface area contributed by atoms with Crippen molar-refractivity contribution in [1.82, 2.24) is 20.5 Å². The smallest absolute Gasteiger partial charge is 0.191 e. The highest BCUT2D eigenvalue weighted by Gasteiger charge is 2.27. The van der Waals surface area contributed by atoms with E-state index in [0.717, 1.165) is 37.9 Å². The summed E-state index contributed by atoms with van der Waals surface area (Å²) in [6.07, 6.45) is 12.4. The van der Waals surface area contributed by atoms with E-state index in [4.69, 9.17) is 4.99 Å². The number of fused-ring (bicyclic) bond motifs is 1. The lowest BCUT2D eigenvalue weighted by Crippen LogP contribution is -2.50. The van der Waals surface area contributed by atoms with Crippen molar-refractivity contribution in [2.45, 2.75) is 70.4 Å². The Morgan fingerprint density at radius 3 is 2.67 bits per heavy atom. The van der Waals surface area contributed by atoms with Gasteiger partial charge in [-0.3, -0.25) is 4.99 Å². The van der Waals surface area contributed by atoms with Gasteiger partial charge in [0.15, 0.2) is 5.96 Å². The fraction of sp³-hybridized carbons (Fsp3) is 0.625. The first-order chi connectivity index (χ1) is 14.3. The van der Waals surface area contributed by atoms with Crippen LogP contribution < -0.4 is 10.6 Å². The Balaban J connectivity index is 0.00000256. The SMILES string of the molecule is CCNC(=NCCCc1c[nH]c2ccccc12)NC1CCN(C2CCCC2)CC1.I. The number of aryl methyl sites for hydroxylation is 1. The summed E-state index contributed by atoms with van der Waals surface area (Å²) in [6, 6.07) is 9.96. The summed E-state index contributed by atoms with van der Waals surface area (Å²) < 4.78 is 0. The number of piperidine rings is 1. The van der Waals surface area contributed by atoms with E-state index in [1.165, 1.54) is 68.1 Å². The Labute approximate surface area is 198 Å². The van der Waals surface area contributed by atoms with E-state index >= 15 is 0 Å². The lowest BCUT2D eigenvalue weighted by atomic mass is 10.0. The van der Waals surface area contributed by atoms with E-state index in [9.17, 15) is 0 Å². The van der Waals surface area contributed by atoms with E-state index < -0.39 is 0 Å². The zero-order valence-corrected chi connectivity index (χ0v) is 20.7. The van der Waals surface area contributed by atoms with Crippen molar-refractivity contribution >= 4 is 40.8 Å². The minimum Gasteiger partial charge on any atom is -0.361 e. The van der Waals surface area contributed by atoms with Crippen LogP contribution in [0, 0.1) is 0 Å². The average molecular weight is 524 g/mol. The van der Waals surface area contributed by atoms with Crippen LogP contribution in [0.1, 0.15) is 57.4 Å². The summed E-state index contributed by atoms with van der Waals surface area (Å²) in [6.45, 7) is 6.39. The summed E-state index contributed by atoms with van der Waals surface area (Å²) in [7, 11) is 0. The zero-order valence-electron chi connectivity index (χ0n) is 18.3. The standard InChI is InChI=1S/C24H37N5.HI/c1-2-25-24(28-20-13-16-29(17-14-20)21-9-3-4-10-21)26-15-7-8-19-18-27-23-12-6-5-11-22(19)23;/h5-6,11-12,18,20-21,27H,2-4,7-10,13-17H2,1H3,(H2,25,26,28);1H. The van der Waals surface area contributed by atoms with Crippen molar-refractivity contribution in [1.29, 1.82) is 0 Å². The Bertz CT molecular complexity index is 788. The molecule has 1 aliphatic carbocycles. The van der Waals surface area contributed by atoms with E-state index in [-0.39, 0.29) is 24.0 Å². The van der Waals surface area contributed by atoms with Crippen molar-refractivity contribution in [3.05, 3.63) is 36.0 Å². The monoisotopic (exact) mass is 523 g/mol. The van der Waals surface area contributed by atoms with Crippen LogP contribution in [0.5, 0.6) is 0 Å². The molecule has 1 aromatic carbocycles. The van der Waals surface area contributed by atoms with Crippen LogP contribution in [-0.2, 0) is 6.42 Å². The molecule has 4 rings (SSSR count). The highest BCUT2D eigenvalue weighted by Crippen LogP contribution is 2.26. The molecule has 1 saturated heterocycles. The molecule has 0 atom stereocenters. The number of rotatable bonds is 7. The minimum atomic E-state index is 0. The molecule has 1 aliphatic heterocycles. The Morgan fingerprint density at radius 2 is 1.90 bits per heavy atom. The number of guanidine groups is 1. The molecule has 2 aliphatic rings. The van der Waals surface area contributed by atoms with E-state index in [1.54, 1.807) is 0 Å². The van der Waals surface area contributed by atoms with Gasteiger partial charge >= 0.3 is 0 Å². The number of aromatic nitrogens is 1. The van der Waals surface area contributed by atoms with Crippen molar-refractivity contribution in [3.8, 4) is 0 Å². The van der Waals surface area contributed by atoms with Gasteiger partial charge in [0.25, 0.3) is 0 Å². The van der Waals surface area contributed by atoms with Crippen LogP contribution in [0.25, 0.3) is 10.9 Å². The van der Waals surface area contributed by atoms with Gasteiger partial charge in [-0.15, -0.1) is 24.0 Å². The van der Waals surface area contributed by atoms with Gasteiger partial charge in [-0.2, -0.15) is 0 Å². The maximum Gasteiger partial charge on any atom is 0.191 e. The molecule has 2 heterocycles. The minimum absolute atomic E-state index is 0.